The molecule has 0 saturated carbocycles. The average Bonchev–Trinajstić information content (AvgIpc) is 2.33. The average molecular weight is 231 g/mol. The molecule has 2 N–H and O–H groups in total. The van der Waals surface area contributed by atoms with E-state index in [0.717, 1.165) is 6.42 Å². The van der Waals surface area contributed by atoms with Gasteiger partial charge in [-0.2, -0.15) is 0 Å². The molecule has 2 rings (SSSR count). The summed E-state index contributed by atoms with van der Waals surface area (Å²) in [5.41, 5.74) is 1.02. The first-order valence-electron chi connectivity index (χ1n) is 5.46. The highest BCUT2D eigenvalue weighted by molar-refractivity contribution is 6.05. The van der Waals surface area contributed by atoms with E-state index < -0.39 is 0 Å². The number of carbonyl (C=O) groups is 2. The number of benzene rings is 1. The number of ketones is 1. The maximum absolute atomic E-state index is 11.9. The number of rotatable bonds is 3. The standard InChI is InChI=1S/C13H13NO3/c15-11-5-3-9(4-6-11)12(16)8-10-2-1-7-14-13(10)17/h2-6,15H,1,7-8H2,(H,14,17). The van der Waals surface area contributed by atoms with Crippen molar-refractivity contribution in [1.29, 1.82) is 0 Å². The molecule has 4 heteroatoms. The molecule has 17 heavy (non-hydrogen) atoms. The fourth-order valence-corrected chi connectivity index (χ4v) is 1.71. The number of phenols is 1. The van der Waals surface area contributed by atoms with Gasteiger partial charge in [-0.3, -0.25) is 9.59 Å². The third-order valence-electron chi connectivity index (χ3n) is 2.65. The Labute approximate surface area is 99.0 Å². The number of hydrogen-bond acceptors (Lipinski definition) is 3. The Morgan fingerprint density at radius 1 is 1.29 bits per heavy atom. The Kier molecular flexibility index (Phi) is 3.23. The van der Waals surface area contributed by atoms with Gasteiger partial charge in [0.1, 0.15) is 5.75 Å². The molecule has 0 saturated heterocycles. The quantitative estimate of drug-likeness (QED) is 0.773. The summed E-state index contributed by atoms with van der Waals surface area (Å²) in [6.45, 7) is 0.635. The maximum Gasteiger partial charge on any atom is 0.247 e. The minimum absolute atomic E-state index is 0.108. The second kappa shape index (κ2) is 4.82. The van der Waals surface area contributed by atoms with E-state index in [0.29, 0.717) is 17.7 Å². The minimum atomic E-state index is -0.164. The van der Waals surface area contributed by atoms with E-state index in [4.69, 9.17) is 5.11 Å². The van der Waals surface area contributed by atoms with E-state index >= 15 is 0 Å². The van der Waals surface area contributed by atoms with E-state index in [1.165, 1.54) is 12.1 Å². The molecule has 1 aromatic rings. The van der Waals surface area contributed by atoms with E-state index in [9.17, 15) is 9.59 Å². The molecule has 0 radical (unpaired) electrons. The van der Waals surface area contributed by atoms with E-state index in [2.05, 4.69) is 5.32 Å². The van der Waals surface area contributed by atoms with Crippen molar-refractivity contribution in [3.05, 3.63) is 41.5 Å². The van der Waals surface area contributed by atoms with Crippen molar-refractivity contribution < 1.29 is 14.7 Å². The zero-order valence-corrected chi connectivity index (χ0v) is 9.27. The van der Waals surface area contributed by atoms with Crippen molar-refractivity contribution in [1.82, 2.24) is 5.32 Å². The van der Waals surface area contributed by atoms with Gasteiger partial charge in [-0.05, 0) is 30.7 Å². The second-order valence-corrected chi connectivity index (χ2v) is 3.92. The van der Waals surface area contributed by atoms with Crippen molar-refractivity contribution in [2.75, 3.05) is 6.54 Å². The van der Waals surface area contributed by atoms with Crippen LogP contribution in [0.5, 0.6) is 5.75 Å². The van der Waals surface area contributed by atoms with Crippen molar-refractivity contribution in [2.45, 2.75) is 12.8 Å². The lowest BCUT2D eigenvalue weighted by Crippen LogP contribution is -2.30. The van der Waals surface area contributed by atoms with Crippen LogP contribution in [0.1, 0.15) is 23.2 Å². The predicted octanol–water partition coefficient (Wildman–Crippen LogP) is 1.41. The fraction of sp³-hybridized carbons (Fsp3) is 0.231. The van der Waals surface area contributed by atoms with E-state index in [1.807, 2.05) is 0 Å². The van der Waals surface area contributed by atoms with Gasteiger partial charge in [-0.25, -0.2) is 0 Å². The van der Waals surface area contributed by atoms with Gasteiger partial charge < -0.3 is 10.4 Å². The first-order chi connectivity index (χ1) is 8.16. The Bertz CT molecular complexity index is 474. The molecule has 1 aromatic carbocycles. The van der Waals surface area contributed by atoms with Gasteiger partial charge in [0.15, 0.2) is 5.78 Å². The molecule has 1 aliphatic rings. The summed E-state index contributed by atoms with van der Waals surface area (Å²) in [6.07, 6.45) is 2.68. The molecule has 0 aliphatic carbocycles. The normalized spacial score (nSPS) is 15.1. The molecule has 1 aliphatic heterocycles. The summed E-state index contributed by atoms with van der Waals surface area (Å²) >= 11 is 0. The first-order valence-corrected chi connectivity index (χ1v) is 5.46. The lowest BCUT2D eigenvalue weighted by atomic mass is 10.00. The van der Waals surface area contributed by atoms with Crippen LogP contribution in [0.25, 0.3) is 0 Å². The molecule has 0 bridgehead atoms. The monoisotopic (exact) mass is 231 g/mol. The summed E-state index contributed by atoms with van der Waals surface area (Å²) in [7, 11) is 0. The van der Waals surface area contributed by atoms with Gasteiger partial charge in [-0.15, -0.1) is 0 Å². The van der Waals surface area contributed by atoms with Crippen LogP contribution in [0.2, 0.25) is 0 Å². The number of aromatic hydroxyl groups is 1. The molecule has 1 heterocycles. The van der Waals surface area contributed by atoms with Crippen LogP contribution in [0.15, 0.2) is 35.9 Å². The third kappa shape index (κ3) is 2.72. The van der Waals surface area contributed by atoms with Gasteiger partial charge in [0.25, 0.3) is 0 Å². The first kappa shape index (κ1) is 11.4. The number of hydrogen-bond donors (Lipinski definition) is 2. The molecule has 88 valence electrons. The van der Waals surface area contributed by atoms with Gasteiger partial charge >= 0.3 is 0 Å². The fourth-order valence-electron chi connectivity index (χ4n) is 1.71. The minimum Gasteiger partial charge on any atom is -0.508 e. The summed E-state index contributed by atoms with van der Waals surface area (Å²) in [5, 5.41) is 11.8. The Morgan fingerprint density at radius 2 is 2.00 bits per heavy atom. The highest BCUT2D eigenvalue weighted by atomic mass is 16.3. The van der Waals surface area contributed by atoms with Crippen LogP contribution in [-0.4, -0.2) is 23.3 Å². The summed E-state index contributed by atoms with van der Waals surface area (Å²) in [6, 6.07) is 6.03. The van der Waals surface area contributed by atoms with Crippen LogP contribution in [0, 0.1) is 0 Å². The largest absolute Gasteiger partial charge is 0.508 e. The number of Topliss-reactive ketones (excluding diaryl/α,β-unsaturated/α-hetero) is 1. The van der Waals surface area contributed by atoms with Crippen LogP contribution >= 0.6 is 0 Å². The van der Waals surface area contributed by atoms with Gasteiger partial charge in [0.2, 0.25) is 5.91 Å². The smallest absolute Gasteiger partial charge is 0.247 e. The molecule has 1 amide bonds. The lowest BCUT2D eigenvalue weighted by molar-refractivity contribution is -0.117. The molecule has 0 fully saturated rings. The molecular formula is C13H13NO3. The van der Waals surface area contributed by atoms with Crippen molar-refractivity contribution in [3.8, 4) is 5.75 Å². The van der Waals surface area contributed by atoms with Gasteiger partial charge in [-0.1, -0.05) is 6.08 Å². The summed E-state index contributed by atoms with van der Waals surface area (Å²) in [5.74, 6) is -0.159. The summed E-state index contributed by atoms with van der Waals surface area (Å²) < 4.78 is 0. The number of amides is 1. The molecule has 4 nitrogen and oxygen atoms in total. The summed E-state index contributed by atoms with van der Waals surface area (Å²) in [4.78, 5) is 23.3. The Balaban J connectivity index is 2.09. The molecule has 0 unspecified atom stereocenters. The van der Waals surface area contributed by atoms with Crippen LogP contribution < -0.4 is 5.32 Å². The predicted molar refractivity (Wildman–Crippen MR) is 62.8 cm³/mol. The zero-order valence-electron chi connectivity index (χ0n) is 9.27. The molecule has 0 spiro atoms. The Morgan fingerprint density at radius 3 is 2.65 bits per heavy atom. The topological polar surface area (TPSA) is 66.4 Å². The number of nitrogens with one attached hydrogen (secondary N) is 1. The van der Waals surface area contributed by atoms with Gasteiger partial charge in [0.05, 0.1) is 0 Å². The third-order valence-corrected chi connectivity index (χ3v) is 2.65. The molecular weight excluding hydrogens is 218 g/mol. The Hall–Kier alpha value is -2.10. The lowest BCUT2D eigenvalue weighted by Gasteiger charge is -2.12. The highest BCUT2D eigenvalue weighted by Crippen LogP contribution is 2.15. The number of carbonyl (C=O) groups excluding carboxylic acids is 2. The van der Waals surface area contributed by atoms with E-state index in [1.54, 1.807) is 18.2 Å². The van der Waals surface area contributed by atoms with Crippen LogP contribution in [-0.2, 0) is 4.79 Å². The maximum atomic E-state index is 11.9. The van der Waals surface area contributed by atoms with Crippen molar-refractivity contribution in [3.63, 3.8) is 0 Å². The highest BCUT2D eigenvalue weighted by Gasteiger charge is 2.17. The number of phenolic OH excluding ortho intramolecular Hbond substituents is 1. The SMILES string of the molecule is O=C1NCCC=C1CC(=O)c1ccc(O)cc1. The van der Waals surface area contributed by atoms with Crippen molar-refractivity contribution >= 4 is 11.7 Å². The van der Waals surface area contributed by atoms with Crippen LogP contribution in [0.4, 0.5) is 0 Å². The van der Waals surface area contributed by atoms with E-state index in [-0.39, 0.29) is 23.9 Å². The van der Waals surface area contributed by atoms with Crippen LogP contribution in [0.3, 0.4) is 0 Å². The zero-order chi connectivity index (χ0) is 12.3. The second-order valence-electron chi connectivity index (χ2n) is 3.92. The molecule has 0 aromatic heterocycles. The van der Waals surface area contributed by atoms with Gasteiger partial charge in [0, 0.05) is 24.1 Å². The molecule has 0 atom stereocenters. The van der Waals surface area contributed by atoms with Crippen molar-refractivity contribution in [2.24, 2.45) is 0 Å².